The van der Waals surface area contributed by atoms with E-state index in [1.54, 1.807) is 0 Å². The molecule has 0 unspecified atom stereocenters. The maximum Gasteiger partial charge on any atom is 0.0362 e. The Morgan fingerprint density at radius 1 is 0.722 bits per heavy atom. The molecule has 2 aromatic carbocycles. The molecule has 0 N–H and O–H groups in total. The molecular formula is C16H12S2. The second-order valence-corrected chi connectivity index (χ2v) is 7.22. The van der Waals surface area contributed by atoms with Gasteiger partial charge in [0.15, 0.2) is 0 Å². The summed E-state index contributed by atoms with van der Waals surface area (Å²) in [4.78, 5) is 1.39. The number of benzene rings is 2. The van der Waals surface area contributed by atoms with Gasteiger partial charge in [0.2, 0.25) is 0 Å². The van der Waals surface area contributed by atoms with E-state index in [0.717, 1.165) is 0 Å². The van der Waals surface area contributed by atoms with Gasteiger partial charge in [-0.15, -0.1) is 22.7 Å². The Balaban J connectivity index is 2.21. The van der Waals surface area contributed by atoms with Crippen molar-refractivity contribution in [1.29, 1.82) is 0 Å². The van der Waals surface area contributed by atoms with E-state index in [2.05, 4.69) is 50.2 Å². The summed E-state index contributed by atoms with van der Waals surface area (Å²) in [7, 11) is 0. The van der Waals surface area contributed by atoms with Crippen LogP contribution in [0.15, 0.2) is 36.4 Å². The second kappa shape index (κ2) is 3.56. The number of fused-ring (bicyclic) bond motifs is 4. The van der Waals surface area contributed by atoms with Gasteiger partial charge in [-0.2, -0.15) is 0 Å². The third kappa shape index (κ3) is 1.43. The van der Waals surface area contributed by atoms with Gasteiger partial charge in [-0.1, -0.05) is 12.1 Å². The summed E-state index contributed by atoms with van der Waals surface area (Å²) in [5.41, 5.74) is 1.34. The van der Waals surface area contributed by atoms with Crippen molar-refractivity contribution in [2.75, 3.05) is 0 Å². The van der Waals surface area contributed by atoms with E-state index in [4.69, 9.17) is 0 Å². The fourth-order valence-electron chi connectivity index (χ4n) is 2.55. The van der Waals surface area contributed by atoms with Crippen LogP contribution >= 0.6 is 22.7 Å². The zero-order valence-electron chi connectivity index (χ0n) is 10.3. The van der Waals surface area contributed by atoms with Gasteiger partial charge in [-0.3, -0.25) is 0 Å². The van der Waals surface area contributed by atoms with Crippen molar-refractivity contribution < 1.29 is 0 Å². The van der Waals surface area contributed by atoms with E-state index in [-0.39, 0.29) is 0 Å². The number of hydrogen-bond donors (Lipinski definition) is 0. The summed E-state index contributed by atoms with van der Waals surface area (Å²) in [5, 5.41) is 4.19. The van der Waals surface area contributed by atoms with Gasteiger partial charge in [-0.05, 0) is 49.1 Å². The number of hydrogen-bond acceptors (Lipinski definition) is 2. The summed E-state index contributed by atoms with van der Waals surface area (Å²) in [5.74, 6) is 0. The predicted molar refractivity (Wildman–Crippen MR) is 84.2 cm³/mol. The van der Waals surface area contributed by atoms with Crippen LogP contribution in [0.2, 0.25) is 0 Å². The summed E-state index contributed by atoms with van der Waals surface area (Å²) in [6.07, 6.45) is 0. The lowest BCUT2D eigenvalue weighted by atomic mass is 10.1. The van der Waals surface area contributed by atoms with Crippen molar-refractivity contribution in [2.45, 2.75) is 13.8 Å². The van der Waals surface area contributed by atoms with E-state index < -0.39 is 0 Å². The molecule has 0 fully saturated rings. The molecule has 2 aromatic heterocycles. The van der Waals surface area contributed by atoms with E-state index >= 15 is 0 Å². The highest BCUT2D eigenvalue weighted by Gasteiger charge is 2.08. The molecular weight excluding hydrogens is 256 g/mol. The molecule has 0 radical (unpaired) electrons. The summed E-state index contributed by atoms with van der Waals surface area (Å²) >= 11 is 3.79. The summed E-state index contributed by atoms with van der Waals surface area (Å²) in [6.45, 7) is 4.34. The van der Waals surface area contributed by atoms with Crippen molar-refractivity contribution >= 4 is 52.9 Å². The minimum atomic E-state index is 1.34. The van der Waals surface area contributed by atoms with Crippen LogP contribution in [-0.2, 0) is 0 Å². The Morgan fingerprint density at radius 3 is 2.44 bits per heavy atom. The quantitative estimate of drug-likeness (QED) is 0.373. The molecule has 0 aliphatic carbocycles. The van der Waals surface area contributed by atoms with Crippen LogP contribution < -0.4 is 0 Å². The molecule has 0 nitrogen and oxygen atoms in total. The molecule has 0 atom stereocenters. The summed E-state index contributed by atoms with van der Waals surface area (Å²) in [6, 6.07) is 13.7. The number of thiophene rings is 2. The lowest BCUT2D eigenvalue weighted by Crippen LogP contribution is -1.69. The van der Waals surface area contributed by atoms with Crippen LogP contribution in [0, 0.1) is 13.8 Å². The number of aryl methyl sites for hydroxylation is 2. The van der Waals surface area contributed by atoms with E-state index in [1.807, 2.05) is 22.7 Å². The first-order valence-electron chi connectivity index (χ1n) is 6.04. The smallest absolute Gasteiger partial charge is 0.0362 e. The minimum Gasteiger partial charge on any atom is -0.141 e. The highest BCUT2D eigenvalue weighted by Crippen LogP contribution is 2.38. The zero-order valence-corrected chi connectivity index (χ0v) is 11.9. The normalized spacial score (nSPS) is 11.9. The van der Waals surface area contributed by atoms with Crippen molar-refractivity contribution in [3.05, 3.63) is 46.8 Å². The van der Waals surface area contributed by atoms with Gasteiger partial charge in [0, 0.05) is 29.7 Å². The molecule has 4 aromatic rings. The Morgan fingerprint density at radius 2 is 1.56 bits per heavy atom. The van der Waals surface area contributed by atoms with Gasteiger partial charge >= 0.3 is 0 Å². The maximum atomic E-state index is 2.36. The Labute approximate surface area is 113 Å². The Hall–Kier alpha value is -1.38. The highest BCUT2D eigenvalue weighted by molar-refractivity contribution is 7.26. The van der Waals surface area contributed by atoms with Crippen LogP contribution in [0.25, 0.3) is 30.3 Å². The molecule has 0 saturated carbocycles. The molecule has 0 saturated heterocycles. The Kier molecular flexibility index (Phi) is 2.08. The molecule has 0 amide bonds. The average molecular weight is 268 g/mol. The van der Waals surface area contributed by atoms with Gasteiger partial charge in [0.25, 0.3) is 0 Å². The predicted octanol–water partition coefficient (Wildman–Crippen LogP) is 5.89. The molecule has 88 valence electrons. The third-order valence-corrected chi connectivity index (χ3v) is 5.52. The van der Waals surface area contributed by atoms with Gasteiger partial charge in [0.05, 0.1) is 0 Å². The SMILES string of the molecule is Cc1ccc2c(c1)sc1cc3cc(C)sc3cc12. The molecule has 2 heterocycles. The molecule has 4 rings (SSSR count). The Bertz CT molecular complexity index is 894. The number of rotatable bonds is 0. The minimum absolute atomic E-state index is 1.34. The largest absolute Gasteiger partial charge is 0.141 e. The van der Waals surface area contributed by atoms with Crippen LogP contribution in [0.1, 0.15) is 10.4 Å². The molecule has 0 aliphatic heterocycles. The fraction of sp³-hybridized carbons (Fsp3) is 0.125. The van der Waals surface area contributed by atoms with Crippen molar-refractivity contribution in [3.63, 3.8) is 0 Å². The first-order valence-corrected chi connectivity index (χ1v) is 7.67. The zero-order chi connectivity index (χ0) is 12.3. The lowest BCUT2D eigenvalue weighted by molar-refractivity contribution is 1.52. The van der Waals surface area contributed by atoms with Crippen molar-refractivity contribution in [3.8, 4) is 0 Å². The van der Waals surface area contributed by atoms with Crippen LogP contribution in [0.3, 0.4) is 0 Å². The average Bonchev–Trinajstić information content (AvgIpc) is 2.83. The monoisotopic (exact) mass is 268 g/mol. The highest BCUT2D eigenvalue weighted by atomic mass is 32.1. The van der Waals surface area contributed by atoms with Gasteiger partial charge in [-0.25, -0.2) is 0 Å². The van der Waals surface area contributed by atoms with Gasteiger partial charge in [0.1, 0.15) is 0 Å². The fourth-order valence-corrected chi connectivity index (χ4v) is 4.73. The van der Waals surface area contributed by atoms with Crippen LogP contribution in [-0.4, -0.2) is 0 Å². The van der Waals surface area contributed by atoms with E-state index in [0.29, 0.717) is 0 Å². The molecule has 0 bridgehead atoms. The maximum absolute atomic E-state index is 2.36. The van der Waals surface area contributed by atoms with E-state index in [1.165, 1.54) is 40.7 Å². The summed E-state index contributed by atoms with van der Waals surface area (Å²) < 4.78 is 4.21. The van der Waals surface area contributed by atoms with Gasteiger partial charge < -0.3 is 0 Å². The molecule has 18 heavy (non-hydrogen) atoms. The topological polar surface area (TPSA) is 0 Å². The molecule has 0 aliphatic rings. The van der Waals surface area contributed by atoms with Crippen molar-refractivity contribution in [1.82, 2.24) is 0 Å². The first-order chi connectivity index (χ1) is 8.70. The van der Waals surface area contributed by atoms with Crippen LogP contribution in [0.4, 0.5) is 0 Å². The lowest BCUT2D eigenvalue weighted by Gasteiger charge is -1.94. The first kappa shape index (κ1) is 10.5. The third-order valence-electron chi connectivity index (χ3n) is 3.39. The van der Waals surface area contributed by atoms with Crippen LogP contribution in [0.5, 0.6) is 0 Å². The standard InChI is InChI=1S/C16H12S2/c1-9-3-4-12-13-8-14-11(6-10(2)17-14)7-16(13)18-15(12)5-9/h3-8H,1-2H3. The van der Waals surface area contributed by atoms with E-state index in [9.17, 15) is 0 Å². The molecule has 2 heteroatoms. The second-order valence-electron chi connectivity index (χ2n) is 4.84. The van der Waals surface area contributed by atoms with Crippen molar-refractivity contribution in [2.24, 2.45) is 0 Å². The molecule has 0 spiro atoms.